The number of nitrogens with zero attached hydrogens (tertiary/aromatic N) is 6. The molecule has 67 heavy (non-hydrogen) atoms. The molecule has 0 bridgehead atoms. The van der Waals surface area contributed by atoms with Crippen molar-refractivity contribution in [3.63, 3.8) is 0 Å². The van der Waals surface area contributed by atoms with Gasteiger partial charge in [0.1, 0.15) is 33.0 Å². The number of fused-ring (bicyclic) bond motifs is 1. The van der Waals surface area contributed by atoms with E-state index in [0.717, 1.165) is 54.6 Å². The molecule has 0 fully saturated rings. The van der Waals surface area contributed by atoms with Gasteiger partial charge in [-0.05, 0) is 66.4 Å². The fourth-order valence-electron chi connectivity index (χ4n) is 5.38. The molecule has 1 heterocycles. The molecule has 4 aromatic rings. The average molecular weight is 1120 g/mol. The van der Waals surface area contributed by atoms with Gasteiger partial charge in [-0.2, -0.15) is 20.3 Å². The third kappa shape index (κ3) is 17.1. The summed E-state index contributed by atoms with van der Waals surface area (Å²) in [5.74, 6) is -6.88. The Morgan fingerprint density at radius 1 is 0.746 bits per heavy atom. The van der Waals surface area contributed by atoms with Gasteiger partial charge in [0.05, 0.1) is 56.7 Å². The maximum atomic E-state index is 13.3. The zero-order valence-corrected chi connectivity index (χ0v) is 48.0. The third-order valence-electron chi connectivity index (χ3n) is 8.18. The van der Waals surface area contributed by atoms with Gasteiger partial charge in [-0.25, -0.2) is 42.1 Å². The molecule has 1 aliphatic rings. The smallest absolute Gasteiger partial charge is 0.744 e. The van der Waals surface area contributed by atoms with Crippen molar-refractivity contribution < 1.29 is 224 Å². The number of aromatic hydroxyl groups is 2. The Labute approximate surface area is 480 Å². The number of sulfone groups is 2. The van der Waals surface area contributed by atoms with E-state index in [1.807, 2.05) is 0 Å². The number of amides is 1. The number of anilines is 1. The molecule has 1 amide bonds. The Morgan fingerprint density at radius 2 is 1.30 bits per heavy atom. The normalized spacial score (nSPS) is 14.4. The number of carbonyl (C=O) groups excluding carboxylic acids is 2. The number of hydrogen-bond donors (Lipinski definition) is 2. The fraction of sp³-hybridized carbons (Fsp3) is 0.194. The van der Waals surface area contributed by atoms with Crippen molar-refractivity contribution in [1.82, 2.24) is 0 Å². The van der Waals surface area contributed by atoms with Gasteiger partial charge in [-0.15, -0.1) is 10.2 Å². The van der Waals surface area contributed by atoms with E-state index in [1.165, 1.54) is 6.92 Å². The van der Waals surface area contributed by atoms with Crippen molar-refractivity contribution in [3.05, 3.63) is 66.2 Å². The molecule has 5 rings (SSSR count). The molecule has 0 saturated heterocycles. The number of aryl methyl sites for hydroxylation is 1. The van der Waals surface area contributed by atoms with E-state index in [-0.39, 0.29) is 163 Å². The second-order valence-electron chi connectivity index (χ2n) is 12.4. The first kappa shape index (κ1) is 65.6. The van der Waals surface area contributed by atoms with Crippen LogP contribution in [0.25, 0.3) is 10.8 Å². The second-order valence-corrected chi connectivity index (χ2v) is 20.0. The summed E-state index contributed by atoms with van der Waals surface area (Å²) in [6.45, 7) is -0.809. The van der Waals surface area contributed by atoms with Gasteiger partial charge in [0, 0.05) is 28.5 Å². The van der Waals surface area contributed by atoms with Gasteiger partial charge < -0.3 is 33.8 Å². The fourth-order valence-corrected chi connectivity index (χ4v) is 9.27. The maximum absolute atomic E-state index is 13.3. The molecule has 0 spiro atoms. The Hall–Kier alpha value is -1.38. The molecule has 0 aliphatic carbocycles. The number of carbonyl (C=O) groups is 2. The number of azo groups is 2. The van der Waals surface area contributed by atoms with Crippen LogP contribution in [-0.2, 0) is 85.6 Å². The van der Waals surface area contributed by atoms with Crippen LogP contribution in [0.1, 0.15) is 5.56 Å². The number of aliphatic carboxylic acids is 1. The minimum Gasteiger partial charge on any atom is -0.744 e. The number of phenols is 2. The van der Waals surface area contributed by atoms with Crippen LogP contribution in [0.15, 0.2) is 101 Å². The molecule has 26 nitrogen and oxygen atoms in total. The van der Waals surface area contributed by atoms with E-state index in [4.69, 9.17) is 0 Å². The molecule has 0 saturated carbocycles. The number of hydrazone groups is 1. The van der Waals surface area contributed by atoms with Crippen LogP contribution in [0.5, 0.6) is 11.5 Å². The van der Waals surface area contributed by atoms with Gasteiger partial charge in [-0.3, -0.25) is 13.2 Å². The molecule has 1 atom stereocenters. The van der Waals surface area contributed by atoms with Gasteiger partial charge in [-0.1, -0.05) is 6.07 Å². The first-order valence-electron chi connectivity index (χ1n) is 16.4. The van der Waals surface area contributed by atoms with Crippen LogP contribution in [0.2, 0.25) is 0 Å². The number of phenolic OH excluding ortho intramolecular Hbond substituents is 2. The van der Waals surface area contributed by atoms with Crippen LogP contribution < -0.4 is 128 Å². The van der Waals surface area contributed by atoms with Crippen molar-refractivity contribution >= 4 is 102 Å². The number of carboxylic acids is 1. The van der Waals surface area contributed by atoms with E-state index in [9.17, 15) is 80.7 Å². The summed E-state index contributed by atoms with van der Waals surface area (Å²) in [5.41, 5.74) is -2.93. The van der Waals surface area contributed by atoms with Crippen LogP contribution >= 0.6 is 0 Å². The summed E-state index contributed by atoms with van der Waals surface area (Å²) >= 11 is 0. The van der Waals surface area contributed by atoms with Crippen LogP contribution in [0, 0.1) is 6.92 Å². The Kier molecular flexibility index (Phi) is 25.3. The van der Waals surface area contributed by atoms with E-state index < -0.39 is 137 Å². The zero-order valence-electron chi connectivity index (χ0n) is 34.9. The SMILES string of the molecule is Cc1cc(N=Nc2c(S(=O)(=O)[O-])cc3ccc(N=NC4C(=O)N(c5ccc(S(=O)(=O)CCOS(=O)(=O)[O-])cc5)N=C4C(=O)[O-])cc3c2O)c(O)cc1S(=O)(=O)CCOS(=O)(=O)[O-].[Cu].[Na+].[Na+].[Na+].[Na+]. The topological polar surface area (TPSA) is 421 Å². The number of benzene rings is 4. The second kappa shape index (κ2) is 25.8. The summed E-state index contributed by atoms with van der Waals surface area (Å²) in [6.07, 6.45) is 0. The molecule has 4 aromatic carbocycles. The minimum absolute atomic E-state index is 0. The van der Waals surface area contributed by atoms with Gasteiger partial charge in [0.2, 0.25) is 20.8 Å². The summed E-state index contributed by atoms with van der Waals surface area (Å²) in [5, 5.41) is 52.3. The summed E-state index contributed by atoms with van der Waals surface area (Å²) in [6, 6.07) is 7.81. The molecular formula is C31H24CuN6Na4O20S5. The predicted molar refractivity (Wildman–Crippen MR) is 201 cm³/mol. The molecule has 1 aliphatic heterocycles. The van der Waals surface area contributed by atoms with Crippen LogP contribution in [0.4, 0.5) is 22.7 Å². The van der Waals surface area contributed by atoms with Gasteiger partial charge in [0.25, 0.3) is 5.91 Å². The number of rotatable bonds is 17. The van der Waals surface area contributed by atoms with Crippen molar-refractivity contribution in [2.45, 2.75) is 27.7 Å². The largest absolute Gasteiger partial charge is 1.00 e. The molecule has 36 heteroatoms. The monoisotopic (exact) mass is 1110 g/mol. The first-order chi connectivity index (χ1) is 28.6. The van der Waals surface area contributed by atoms with Crippen molar-refractivity contribution in [2.75, 3.05) is 29.7 Å². The van der Waals surface area contributed by atoms with Crippen molar-refractivity contribution in [2.24, 2.45) is 25.6 Å². The summed E-state index contributed by atoms with van der Waals surface area (Å²) in [7, 11) is -24.4. The predicted octanol–water partition coefficient (Wildman–Crippen LogP) is -12.0. The van der Waals surface area contributed by atoms with E-state index >= 15 is 0 Å². The quantitative estimate of drug-likeness (QED) is 0.0429. The first-order valence-corrected chi connectivity index (χ1v) is 23.8. The molecular weight excluding hydrogens is 1090 g/mol. The third-order valence-corrected chi connectivity index (χ3v) is 13.4. The Morgan fingerprint density at radius 3 is 1.82 bits per heavy atom. The van der Waals surface area contributed by atoms with Crippen LogP contribution in [0.3, 0.4) is 0 Å². The summed E-state index contributed by atoms with van der Waals surface area (Å²) in [4.78, 5) is 23.2. The molecule has 2 N–H and O–H groups in total. The Bertz CT molecular complexity index is 3200. The standard InChI is InChI=1S/C31H28N6O20S5.Cu.4Na/c1-16-12-22(23(38)15-24(16)59(45,46)11-9-57-62(53,54)55)33-34-26-25(60(47,48)49)13-17-2-3-18(14-21(17)29(26)39)32-35-27-28(31(41)42)36-37(30(27)40)19-4-6-20(7-5-19)58(43,44)10-8-56-61(50,51)52;;;;;/h2-7,12-15,27,38-39H,8-11H2,1H3,(H,41,42)(H,47,48,49)(H,50,51,52)(H,53,54,55);;;;;/q;;4*+1/p-4. The summed E-state index contributed by atoms with van der Waals surface area (Å²) < 4.78 is 159. The Balaban J connectivity index is 0.00000871. The zero-order chi connectivity index (χ0) is 46.2. The maximum Gasteiger partial charge on any atom is 1.00 e. The van der Waals surface area contributed by atoms with Gasteiger partial charge >= 0.3 is 118 Å². The molecule has 1 unspecified atom stereocenters. The number of hydrogen-bond acceptors (Lipinski definition) is 25. The molecule has 0 aromatic heterocycles. The van der Waals surface area contributed by atoms with Crippen LogP contribution in [-0.4, -0.2) is 114 Å². The van der Waals surface area contributed by atoms with Gasteiger partial charge in [0.15, 0.2) is 31.5 Å². The molecule has 1 radical (unpaired) electrons. The number of carboxylic acid groups (broad SMARTS) is 1. The van der Waals surface area contributed by atoms with Crippen molar-refractivity contribution in [3.8, 4) is 11.5 Å². The van der Waals surface area contributed by atoms with E-state index in [0.29, 0.717) is 11.1 Å². The van der Waals surface area contributed by atoms with Crippen molar-refractivity contribution in [1.29, 1.82) is 0 Å². The van der Waals surface area contributed by atoms with E-state index in [1.54, 1.807) is 0 Å². The molecule has 343 valence electrons. The average Bonchev–Trinajstić information content (AvgIpc) is 3.48. The minimum atomic E-state index is -5.42. The van der Waals surface area contributed by atoms with E-state index in [2.05, 4.69) is 33.9 Å².